The molecule has 3 atom stereocenters. The van der Waals surface area contributed by atoms with Crippen LogP contribution in [0.2, 0.25) is 0 Å². The lowest BCUT2D eigenvalue weighted by Gasteiger charge is -2.37. The number of imide groups is 1. The highest BCUT2D eigenvalue weighted by molar-refractivity contribution is 5.99. The average Bonchev–Trinajstić information content (AvgIpc) is 3.54. The summed E-state index contributed by atoms with van der Waals surface area (Å²) >= 11 is 0. The molecule has 0 unspecified atom stereocenters. The molecule has 0 spiro atoms. The number of nitrogens with zero attached hydrogens (tertiary/aromatic N) is 2. The van der Waals surface area contributed by atoms with Crippen molar-refractivity contribution in [2.45, 2.75) is 77.4 Å². The fourth-order valence-electron chi connectivity index (χ4n) is 5.60. The van der Waals surface area contributed by atoms with Crippen LogP contribution in [0.15, 0.2) is 89.5 Å². The number of aliphatic hydroxyl groups excluding tert-OH is 1. The van der Waals surface area contributed by atoms with Gasteiger partial charge in [0.2, 0.25) is 0 Å². The maximum atomic E-state index is 14.4. The summed E-state index contributed by atoms with van der Waals surface area (Å²) < 4.78 is 17.1. The van der Waals surface area contributed by atoms with Crippen molar-refractivity contribution in [3.63, 3.8) is 0 Å². The summed E-state index contributed by atoms with van der Waals surface area (Å²) in [5.74, 6) is -0.278. The van der Waals surface area contributed by atoms with E-state index in [-0.39, 0.29) is 12.3 Å². The van der Waals surface area contributed by atoms with E-state index < -0.39 is 35.3 Å². The SMILES string of the molecule is CCCc1ccc(-c2ccc(CO[C@](C)(C(=O)N3C(=O)OC(C)(C)[C@@H]3c3ccccc3)[C@@H](O)c3cc(C)on3)cc2)cc1. The van der Waals surface area contributed by atoms with Crippen LogP contribution in [0.1, 0.15) is 74.4 Å². The van der Waals surface area contributed by atoms with Gasteiger partial charge in [0.15, 0.2) is 5.60 Å². The van der Waals surface area contributed by atoms with Crippen LogP contribution in [0.5, 0.6) is 0 Å². The molecule has 0 radical (unpaired) electrons. The van der Waals surface area contributed by atoms with E-state index in [0.29, 0.717) is 5.76 Å². The van der Waals surface area contributed by atoms with Gasteiger partial charge in [-0.15, -0.1) is 0 Å². The number of carbonyl (C=O) groups is 2. The van der Waals surface area contributed by atoms with Crippen LogP contribution in [0.3, 0.4) is 0 Å². The molecule has 2 amide bonds. The normalized spacial score (nSPS) is 18.2. The standard InChI is InChI=1S/C35H38N2O6/c1-6-10-24-13-17-26(18-14-24)27-19-15-25(16-20-27)22-41-35(5,31(38)29-21-23(2)43-36-29)32(39)37-30(28-11-8-7-9-12-28)34(3,4)42-33(37)40/h7-9,11-21,30-31,38H,6,10,22H2,1-5H3/t30-,31-,35-/m0/s1. The molecule has 1 aliphatic rings. The molecule has 1 N–H and O–H groups in total. The van der Waals surface area contributed by atoms with E-state index in [1.54, 1.807) is 26.8 Å². The second kappa shape index (κ2) is 12.1. The topological polar surface area (TPSA) is 102 Å². The summed E-state index contributed by atoms with van der Waals surface area (Å²) in [6.07, 6.45) is -0.195. The molecule has 1 fully saturated rings. The van der Waals surface area contributed by atoms with Crippen molar-refractivity contribution in [2.24, 2.45) is 0 Å². The Balaban J connectivity index is 1.43. The Bertz CT molecular complexity index is 1560. The molecule has 8 heteroatoms. The zero-order valence-electron chi connectivity index (χ0n) is 25.2. The molecule has 8 nitrogen and oxygen atoms in total. The molecule has 43 heavy (non-hydrogen) atoms. The number of carbonyl (C=O) groups excluding carboxylic acids is 2. The summed E-state index contributed by atoms with van der Waals surface area (Å²) in [5, 5.41) is 15.5. The smallest absolute Gasteiger partial charge is 0.417 e. The number of amides is 2. The van der Waals surface area contributed by atoms with Gasteiger partial charge >= 0.3 is 6.09 Å². The third kappa shape index (κ3) is 6.12. The van der Waals surface area contributed by atoms with Gasteiger partial charge in [0.25, 0.3) is 5.91 Å². The van der Waals surface area contributed by atoms with Crippen molar-refractivity contribution >= 4 is 12.0 Å². The summed E-state index contributed by atoms with van der Waals surface area (Å²) in [7, 11) is 0. The minimum atomic E-state index is -1.91. The monoisotopic (exact) mass is 582 g/mol. The Hall–Kier alpha value is -4.27. The van der Waals surface area contributed by atoms with E-state index in [1.165, 1.54) is 12.5 Å². The first-order valence-corrected chi connectivity index (χ1v) is 14.6. The van der Waals surface area contributed by atoms with Crippen molar-refractivity contribution in [3.05, 3.63) is 113 Å². The van der Waals surface area contributed by atoms with E-state index in [1.807, 2.05) is 54.6 Å². The van der Waals surface area contributed by atoms with Crippen LogP contribution in [0.25, 0.3) is 11.1 Å². The molecular weight excluding hydrogens is 544 g/mol. The first-order chi connectivity index (χ1) is 20.5. The van der Waals surface area contributed by atoms with E-state index in [0.717, 1.165) is 40.0 Å². The van der Waals surface area contributed by atoms with Crippen molar-refractivity contribution in [2.75, 3.05) is 0 Å². The van der Waals surface area contributed by atoms with Gasteiger partial charge in [-0.05, 0) is 61.9 Å². The second-order valence-corrected chi connectivity index (χ2v) is 11.8. The largest absolute Gasteiger partial charge is 0.440 e. The van der Waals surface area contributed by atoms with Crippen LogP contribution in [-0.4, -0.2) is 38.4 Å². The van der Waals surface area contributed by atoms with Gasteiger partial charge in [-0.2, -0.15) is 0 Å². The molecule has 0 saturated carbocycles. The molecule has 0 aliphatic carbocycles. The minimum absolute atomic E-state index is 0.00582. The Morgan fingerprint density at radius 2 is 1.63 bits per heavy atom. The van der Waals surface area contributed by atoms with Crippen LogP contribution in [0, 0.1) is 6.92 Å². The van der Waals surface area contributed by atoms with E-state index in [2.05, 4.69) is 36.3 Å². The summed E-state index contributed by atoms with van der Waals surface area (Å²) in [6, 6.07) is 26.4. The number of aromatic nitrogens is 1. The van der Waals surface area contributed by atoms with Gasteiger partial charge in [-0.1, -0.05) is 97.4 Å². The summed E-state index contributed by atoms with van der Waals surface area (Å²) in [4.78, 5) is 28.7. The molecule has 2 heterocycles. The number of rotatable bonds is 10. The van der Waals surface area contributed by atoms with Gasteiger partial charge in [0, 0.05) is 6.07 Å². The number of hydrogen-bond acceptors (Lipinski definition) is 7. The lowest BCUT2D eigenvalue weighted by molar-refractivity contribution is -0.175. The van der Waals surface area contributed by atoms with Crippen LogP contribution in [0.4, 0.5) is 4.79 Å². The number of aliphatic hydroxyl groups is 1. The lowest BCUT2D eigenvalue weighted by Crippen LogP contribution is -2.54. The van der Waals surface area contributed by atoms with Crippen LogP contribution in [-0.2, 0) is 27.3 Å². The zero-order valence-corrected chi connectivity index (χ0v) is 25.2. The molecule has 1 saturated heterocycles. The minimum Gasteiger partial charge on any atom is -0.440 e. The van der Waals surface area contributed by atoms with Gasteiger partial charge < -0.3 is 19.1 Å². The number of benzene rings is 3. The predicted octanol–water partition coefficient (Wildman–Crippen LogP) is 7.11. The van der Waals surface area contributed by atoms with E-state index >= 15 is 0 Å². The van der Waals surface area contributed by atoms with Gasteiger partial charge in [0.1, 0.15) is 29.2 Å². The molecule has 1 aliphatic heterocycles. The van der Waals surface area contributed by atoms with Crippen molar-refractivity contribution in [1.29, 1.82) is 0 Å². The first-order valence-electron chi connectivity index (χ1n) is 14.6. The molecule has 224 valence electrons. The Kier molecular flexibility index (Phi) is 8.53. The van der Waals surface area contributed by atoms with Crippen LogP contribution < -0.4 is 0 Å². The summed E-state index contributed by atoms with van der Waals surface area (Å²) in [6.45, 7) is 8.83. The Morgan fingerprint density at radius 1 is 1.02 bits per heavy atom. The highest BCUT2D eigenvalue weighted by atomic mass is 16.6. The Morgan fingerprint density at radius 3 is 2.19 bits per heavy atom. The quantitative estimate of drug-likeness (QED) is 0.213. The second-order valence-electron chi connectivity index (χ2n) is 11.8. The average molecular weight is 583 g/mol. The molecular formula is C35H38N2O6. The lowest BCUT2D eigenvalue weighted by atomic mass is 9.88. The van der Waals surface area contributed by atoms with E-state index in [9.17, 15) is 14.7 Å². The van der Waals surface area contributed by atoms with Crippen LogP contribution >= 0.6 is 0 Å². The molecule has 5 rings (SSSR count). The van der Waals surface area contributed by atoms with E-state index in [4.69, 9.17) is 14.0 Å². The number of hydrogen-bond donors (Lipinski definition) is 1. The predicted molar refractivity (Wildman–Crippen MR) is 162 cm³/mol. The fourth-order valence-corrected chi connectivity index (χ4v) is 5.60. The number of cyclic esters (lactones) is 1. The first kappa shape index (κ1) is 30.2. The maximum absolute atomic E-state index is 14.4. The van der Waals surface area contributed by atoms with Crippen molar-refractivity contribution in [1.82, 2.24) is 10.1 Å². The van der Waals surface area contributed by atoms with Gasteiger partial charge in [-0.3, -0.25) is 4.79 Å². The van der Waals surface area contributed by atoms with Gasteiger partial charge in [-0.25, -0.2) is 9.69 Å². The Labute approximate surface area is 252 Å². The number of aryl methyl sites for hydroxylation is 2. The maximum Gasteiger partial charge on any atom is 0.417 e. The zero-order chi connectivity index (χ0) is 30.8. The molecule has 1 aromatic heterocycles. The third-order valence-corrected chi connectivity index (χ3v) is 7.99. The summed E-state index contributed by atoms with van der Waals surface area (Å²) in [5.41, 5.74) is 2.16. The fraction of sp³-hybridized carbons (Fsp3) is 0.343. The van der Waals surface area contributed by atoms with Crippen molar-refractivity contribution < 1.29 is 28.7 Å². The third-order valence-electron chi connectivity index (χ3n) is 7.99. The number of ether oxygens (including phenoxy) is 2. The highest BCUT2D eigenvalue weighted by Crippen LogP contribution is 2.44. The molecule has 0 bridgehead atoms. The molecule has 4 aromatic rings. The van der Waals surface area contributed by atoms with Crippen molar-refractivity contribution in [3.8, 4) is 11.1 Å². The highest BCUT2D eigenvalue weighted by Gasteiger charge is 2.57. The van der Waals surface area contributed by atoms with Gasteiger partial charge in [0.05, 0.1) is 6.61 Å². The molecule has 3 aromatic carbocycles.